The van der Waals surface area contributed by atoms with Crippen LogP contribution < -0.4 is 19.9 Å². The molecule has 1 aliphatic carbocycles. The van der Waals surface area contributed by atoms with Gasteiger partial charge in [0.1, 0.15) is 0 Å². The molecule has 3 aromatic carbocycles. The van der Waals surface area contributed by atoms with E-state index in [0.717, 1.165) is 18.4 Å². The number of aromatic nitrogens is 2. The van der Waals surface area contributed by atoms with E-state index in [1.165, 1.54) is 11.1 Å². The van der Waals surface area contributed by atoms with Crippen LogP contribution in [0.3, 0.4) is 0 Å². The first-order valence-corrected chi connectivity index (χ1v) is 14.2. The van der Waals surface area contributed by atoms with Gasteiger partial charge in [-0.25, -0.2) is 4.98 Å². The van der Waals surface area contributed by atoms with Crippen LogP contribution in [-0.2, 0) is 24.1 Å². The number of carbonyl (C=O) groups is 1. The van der Waals surface area contributed by atoms with Crippen LogP contribution >= 0.6 is 0 Å². The van der Waals surface area contributed by atoms with E-state index in [-0.39, 0.29) is 17.5 Å². The molecule has 6 rings (SSSR count). The number of likely N-dealkylation sites (N-methyl/N-ethyl adjacent to an activating group) is 1. The Morgan fingerprint density at radius 2 is 1.59 bits per heavy atom. The van der Waals surface area contributed by atoms with Crippen molar-refractivity contribution in [2.75, 3.05) is 39.3 Å². The molecule has 8 heteroatoms. The van der Waals surface area contributed by atoms with Gasteiger partial charge in [0, 0.05) is 32.2 Å². The monoisotopic (exact) mass is 552 g/mol. The number of nitrogens with zero attached hydrogens (tertiary/aromatic N) is 3. The lowest BCUT2D eigenvalue weighted by atomic mass is 9.72. The number of rotatable bonds is 7. The molecule has 0 spiro atoms. The molecule has 1 N–H and O–H groups in total. The molecule has 1 saturated heterocycles. The lowest BCUT2D eigenvalue weighted by Gasteiger charge is -2.44. The summed E-state index contributed by atoms with van der Waals surface area (Å²) in [6.45, 7) is 1.22. The smallest absolute Gasteiger partial charge is 0.260 e. The highest BCUT2D eigenvalue weighted by Gasteiger charge is 2.45. The number of ether oxygens (including phenoxy) is 2. The fourth-order valence-electron chi connectivity index (χ4n) is 6.55. The van der Waals surface area contributed by atoms with Crippen LogP contribution in [0.1, 0.15) is 29.5 Å². The Bertz CT molecular complexity index is 1600. The number of methoxy groups -OCH3 is 2. The van der Waals surface area contributed by atoms with Crippen molar-refractivity contribution in [2.45, 2.75) is 38.1 Å². The molecule has 1 aliphatic heterocycles. The summed E-state index contributed by atoms with van der Waals surface area (Å²) in [5.74, 6) is 1.72. The second kappa shape index (κ2) is 10.9. The number of benzene rings is 3. The third-order valence-corrected chi connectivity index (χ3v) is 8.95. The minimum absolute atomic E-state index is 0.163. The van der Waals surface area contributed by atoms with E-state index in [1.54, 1.807) is 26.4 Å². The Labute approximate surface area is 239 Å². The fourth-order valence-corrected chi connectivity index (χ4v) is 6.55. The molecule has 0 bridgehead atoms. The highest BCUT2D eigenvalue weighted by molar-refractivity contribution is 5.84. The molecule has 41 heavy (non-hydrogen) atoms. The van der Waals surface area contributed by atoms with E-state index in [2.05, 4.69) is 46.3 Å². The SMILES string of the molecule is COc1cc2nc(N3CCC(Cc4ccccc4)(C(=O)N(C)C4Cc5ccccc5C4)CC3)[nH]c(=O)c2cc1OC. The normalized spacial score (nSPS) is 16.4. The van der Waals surface area contributed by atoms with Gasteiger partial charge in [0.2, 0.25) is 11.9 Å². The van der Waals surface area contributed by atoms with Crippen molar-refractivity contribution in [2.24, 2.45) is 5.41 Å². The first-order valence-electron chi connectivity index (χ1n) is 14.2. The molecular formula is C33H36N4O4. The molecule has 1 aromatic heterocycles. The Morgan fingerprint density at radius 1 is 0.976 bits per heavy atom. The first kappa shape index (κ1) is 26.9. The molecule has 212 valence electrons. The van der Waals surface area contributed by atoms with Crippen LogP contribution in [0, 0.1) is 5.41 Å². The second-order valence-electron chi connectivity index (χ2n) is 11.3. The molecule has 1 fully saturated rings. The van der Waals surface area contributed by atoms with Crippen LogP contribution in [0.4, 0.5) is 5.95 Å². The van der Waals surface area contributed by atoms with Gasteiger partial charge in [0.15, 0.2) is 11.5 Å². The zero-order chi connectivity index (χ0) is 28.6. The predicted octanol–water partition coefficient (Wildman–Crippen LogP) is 4.40. The summed E-state index contributed by atoms with van der Waals surface area (Å²) < 4.78 is 10.8. The predicted molar refractivity (Wildman–Crippen MR) is 160 cm³/mol. The summed E-state index contributed by atoms with van der Waals surface area (Å²) >= 11 is 0. The van der Waals surface area contributed by atoms with E-state index in [1.807, 2.05) is 30.1 Å². The highest BCUT2D eigenvalue weighted by Crippen LogP contribution is 2.40. The van der Waals surface area contributed by atoms with Gasteiger partial charge >= 0.3 is 0 Å². The van der Waals surface area contributed by atoms with E-state index in [0.29, 0.717) is 60.7 Å². The Morgan fingerprint density at radius 3 is 2.22 bits per heavy atom. The number of hydrogen-bond acceptors (Lipinski definition) is 6. The van der Waals surface area contributed by atoms with Gasteiger partial charge in [-0.15, -0.1) is 0 Å². The average molecular weight is 553 g/mol. The number of hydrogen-bond donors (Lipinski definition) is 1. The number of aromatic amines is 1. The number of nitrogens with one attached hydrogen (secondary N) is 1. The number of fused-ring (bicyclic) bond motifs is 2. The lowest BCUT2D eigenvalue weighted by Crippen LogP contribution is -2.53. The summed E-state index contributed by atoms with van der Waals surface area (Å²) in [5, 5.41) is 0.441. The van der Waals surface area contributed by atoms with Crippen molar-refractivity contribution < 1.29 is 14.3 Å². The number of anilines is 1. The van der Waals surface area contributed by atoms with E-state index < -0.39 is 5.41 Å². The minimum Gasteiger partial charge on any atom is -0.493 e. The van der Waals surface area contributed by atoms with Crippen molar-refractivity contribution in [1.29, 1.82) is 0 Å². The van der Waals surface area contributed by atoms with Crippen LogP contribution in [0.2, 0.25) is 0 Å². The maximum absolute atomic E-state index is 14.4. The van der Waals surface area contributed by atoms with Crippen molar-refractivity contribution in [3.8, 4) is 11.5 Å². The number of H-pyrrole nitrogens is 1. The Balaban J connectivity index is 1.26. The molecule has 1 amide bonds. The molecule has 8 nitrogen and oxygen atoms in total. The molecule has 2 heterocycles. The lowest BCUT2D eigenvalue weighted by molar-refractivity contribution is -0.144. The molecule has 0 saturated carbocycles. The van der Waals surface area contributed by atoms with Crippen molar-refractivity contribution in [1.82, 2.24) is 14.9 Å². The topological polar surface area (TPSA) is 87.8 Å². The Hall–Kier alpha value is -4.33. The van der Waals surface area contributed by atoms with Gasteiger partial charge in [0.05, 0.1) is 30.5 Å². The van der Waals surface area contributed by atoms with Gasteiger partial charge in [0.25, 0.3) is 5.56 Å². The molecule has 4 aromatic rings. The maximum Gasteiger partial charge on any atom is 0.260 e. The first-order chi connectivity index (χ1) is 19.9. The number of carbonyl (C=O) groups excluding carboxylic acids is 1. The van der Waals surface area contributed by atoms with E-state index >= 15 is 0 Å². The summed E-state index contributed by atoms with van der Waals surface area (Å²) in [6, 6.07) is 22.3. The second-order valence-corrected chi connectivity index (χ2v) is 11.3. The van der Waals surface area contributed by atoms with Crippen LogP contribution in [-0.4, -0.2) is 61.2 Å². The van der Waals surface area contributed by atoms with Crippen molar-refractivity contribution in [3.63, 3.8) is 0 Å². The molecule has 0 atom stereocenters. The molecular weight excluding hydrogens is 516 g/mol. The van der Waals surface area contributed by atoms with Crippen LogP contribution in [0.5, 0.6) is 11.5 Å². The Kier molecular flexibility index (Phi) is 7.15. The van der Waals surface area contributed by atoms with Crippen molar-refractivity contribution in [3.05, 3.63) is 93.8 Å². The highest BCUT2D eigenvalue weighted by atomic mass is 16.5. The average Bonchev–Trinajstić information content (AvgIpc) is 3.45. The maximum atomic E-state index is 14.4. The minimum atomic E-state index is -0.533. The third kappa shape index (κ3) is 5.03. The van der Waals surface area contributed by atoms with Gasteiger partial charge < -0.3 is 19.3 Å². The quantitative estimate of drug-likeness (QED) is 0.366. The summed E-state index contributed by atoms with van der Waals surface area (Å²) in [4.78, 5) is 39.2. The van der Waals surface area contributed by atoms with Crippen molar-refractivity contribution >= 4 is 22.8 Å². The molecule has 0 radical (unpaired) electrons. The fraction of sp³-hybridized carbons (Fsp3) is 0.364. The van der Waals surface area contributed by atoms with E-state index in [9.17, 15) is 9.59 Å². The van der Waals surface area contributed by atoms with Gasteiger partial charge in [-0.1, -0.05) is 54.6 Å². The van der Waals surface area contributed by atoms with Crippen LogP contribution in [0.25, 0.3) is 10.9 Å². The zero-order valence-electron chi connectivity index (χ0n) is 23.9. The van der Waals surface area contributed by atoms with Gasteiger partial charge in [-0.2, -0.15) is 0 Å². The van der Waals surface area contributed by atoms with Gasteiger partial charge in [-0.05, 0) is 54.9 Å². The summed E-state index contributed by atoms with van der Waals surface area (Å²) in [5.41, 5.74) is 3.61. The number of amides is 1. The van der Waals surface area contributed by atoms with E-state index in [4.69, 9.17) is 14.5 Å². The zero-order valence-corrected chi connectivity index (χ0v) is 23.9. The summed E-state index contributed by atoms with van der Waals surface area (Å²) in [6.07, 6.45) is 3.80. The summed E-state index contributed by atoms with van der Waals surface area (Å²) in [7, 11) is 5.08. The third-order valence-electron chi connectivity index (χ3n) is 8.95. The van der Waals surface area contributed by atoms with Crippen LogP contribution in [0.15, 0.2) is 71.5 Å². The van der Waals surface area contributed by atoms with Gasteiger partial charge in [-0.3, -0.25) is 14.6 Å². The standard InChI is InChI=1S/C33H36N4O4/c1-36(25-17-23-11-7-8-12-24(23)18-25)31(39)33(21-22-9-5-4-6-10-22)13-15-37(16-14-33)32-34-27-20-29(41-3)28(40-2)19-26(27)30(38)35-32/h4-12,19-20,25H,13-18,21H2,1-3H3,(H,34,35,38). The number of piperidine rings is 1. The molecule has 2 aliphatic rings. The molecule has 0 unspecified atom stereocenters. The largest absolute Gasteiger partial charge is 0.493 e.